The molecule has 26 heavy (non-hydrogen) atoms. The Morgan fingerprint density at radius 3 is 2.42 bits per heavy atom. The number of rotatable bonds is 3. The monoisotopic (exact) mass is 361 g/mol. The second-order valence-corrected chi connectivity index (χ2v) is 5.38. The van der Waals surface area contributed by atoms with Gasteiger partial charge in [0.05, 0.1) is 18.2 Å². The van der Waals surface area contributed by atoms with Crippen LogP contribution < -0.4 is 5.32 Å². The van der Waals surface area contributed by atoms with E-state index in [9.17, 15) is 22.8 Å². The molecule has 134 valence electrons. The van der Waals surface area contributed by atoms with Gasteiger partial charge in [-0.2, -0.15) is 13.2 Å². The van der Waals surface area contributed by atoms with Crippen LogP contribution in [-0.2, 0) is 10.9 Å². The van der Waals surface area contributed by atoms with E-state index < -0.39 is 29.2 Å². The lowest BCUT2D eigenvalue weighted by Gasteiger charge is -2.14. The number of amides is 1. The Morgan fingerprint density at radius 2 is 1.85 bits per heavy atom. The summed E-state index contributed by atoms with van der Waals surface area (Å²) in [6.07, 6.45) is 0.561. The minimum absolute atomic E-state index is 0.113. The van der Waals surface area contributed by atoms with E-state index in [2.05, 4.69) is 16.0 Å². The molecule has 4 nitrogen and oxygen atoms in total. The fourth-order valence-electron chi connectivity index (χ4n) is 2.27. The number of hydrogen-bond donors (Lipinski definition) is 1. The smallest absolute Gasteiger partial charge is 0.417 e. The fourth-order valence-corrected chi connectivity index (χ4v) is 2.27. The first-order valence-corrected chi connectivity index (χ1v) is 7.35. The van der Waals surface area contributed by atoms with E-state index in [4.69, 9.17) is 6.42 Å². The summed E-state index contributed by atoms with van der Waals surface area (Å²) in [5.41, 5.74) is -0.439. The zero-order valence-electron chi connectivity index (χ0n) is 13.9. The average Bonchev–Trinajstić information content (AvgIpc) is 2.60. The molecule has 0 atom stereocenters. The molecule has 2 rings (SSSR count). The van der Waals surface area contributed by atoms with Gasteiger partial charge < -0.3 is 10.1 Å². The van der Waals surface area contributed by atoms with Gasteiger partial charge >= 0.3 is 12.1 Å². The van der Waals surface area contributed by atoms with Crippen molar-refractivity contribution in [2.45, 2.75) is 13.1 Å². The van der Waals surface area contributed by atoms with Crippen LogP contribution in [0.3, 0.4) is 0 Å². The molecule has 0 spiro atoms. The second kappa shape index (κ2) is 7.31. The molecule has 0 radical (unpaired) electrons. The van der Waals surface area contributed by atoms with Crippen molar-refractivity contribution in [3.05, 3.63) is 64.2 Å². The van der Waals surface area contributed by atoms with Gasteiger partial charge in [-0.3, -0.25) is 4.79 Å². The number of benzene rings is 2. The molecule has 2 aromatic rings. The SMILES string of the molecule is C#Cc1cc(C(=O)Nc2ccc(C(=O)OC)c(C(F)(F)F)c2)ccc1C. The highest BCUT2D eigenvalue weighted by Gasteiger charge is 2.36. The Bertz CT molecular complexity index is 911. The van der Waals surface area contributed by atoms with Gasteiger partial charge in [0, 0.05) is 16.8 Å². The first-order valence-electron chi connectivity index (χ1n) is 7.35. The third-order valence-corrected chi connectivity index (χ3v) is 3.64. The number of carbonyl (C=O) groups excluding carboxylic acids is 2. The summed E-state index contributed by atoms with van der Waals surface area (Å²) in [4.78, 5) is 23.8. The minimum atomic E-state index is -4.79. The van der Waals surface area contributed by atoms with Crippen LogP contribution in [0, 0.1) is 19.3 Å². The number of hydrogen-bond acceptors (Lipinski definition) is 3. The first kappa shape index (κ1) is 19.1. The van der Waals surface area contributed by atoms with Crippen LogP contribution in [0.25, 0.3) is 0 Å². The van der Waals surface area contributed by atoms with E-state index in [-0.39, 0.29) is 11.3 Å². The van der Waals surface area contributed by atoms with Gasteiger partial charge in [0.25, 0.3) is 5.91 Å². The van der Waals surface area contributed by atoms with Crippen LogP contribution in [0.5, 0.6) is 0 Å². The number of terminal acetylenes is 1. The van der Waals surface area contributed by atoms with Crippen molar-refractivity contribution in [1.82, 2.24) is 0 Å². The molecule has 0 aromatic heterocycles. The molecular weight excluding hydrogens is 347 g/mol. The standard InChI is InChI=1S/C19H14F3NO3/c1-4-12-9-13(6-5-11(12)2)17(24)23-14-7-8-15(18(25)26-3)16(10-14)19(20,21)22/h1,5-10H,2-3H3,(H,23,24). The van der Waals surface area contributed by atoms with Crippen molar-refractivity contribution in [3.63, 3.8) is 0 Å². The summed E-state index contributed by atoms with van der Waals surface area (Å²) in [5.74, 6) is 0.687. The van der Waals surface area contributed by atoms with E-state index in [1.54, 1.807) is 13.0 Å². The molecule has 7 heteroatoms. The van der Waals surface area contributed by atoms with Gasteiger partial charge in [0.1, 0.15) is 0 Å². The van der Waals surface area contributed by atoms with Gasteiger partial charge in [-0.1, -0.05) is 12.0 Å². The topological polar surface area (TPSA) is 55.4 Å². The van der Waals surface area contributed by atoms with E-state index in [1.807, 2.05) is 0 Å². The third kappa shape index (κ3) is 4.03. The maximum atomic E-state index is 13.2. The van der Waals surface area contributed by atoms with Gasteiger partial charge in [0.2, 0.25) is 0 Å². The highest BCUT2D eigenvalue weighted by atomic mass is 19.4. The Balaban J connectivity index is 2.37. The van der Waals surface area contributed by atoms with Crippen molar-refractivity contribution < 1.29 is 27.5 Å². The number of nitrogens with one attached hydrogen (secondary N) is 1. The van der Waals surface area contributed by atoms with E-state index >= 15 is 0 Å². The highest BCUT2D eigenvalue weighted by Crippen LogP contribution is 2.34. The number of carbonyl (C=O) groups is 2. The average molecular weight is 361 g/mol. The molecule has 1 amide bonds. The zero-order chi connectivity index (χ0) is 19.5. The number of esters is 1. The maximum Gasteiger partial charge on any atom is 0.417 e. The normalized spacial score (nSPS) is 10.8. The summed E-state index contributed by atoms with van der Waals surface area (Å²) in [6.45, 7) is 1.78. The van der Waals surface area contributed by atoms with Crippen LogP contribution in [0.15, 0.2) is 36.4 Å². The Morgan fingerprint density at radius 1 is 1.15 bits per heavy atom. The Kier molecular flexibility index (Phi) is 5.36. The molecule has 0 aliphatic carbocycles. The predicted molar refractivity (Wildman–Crippen MR) is 89.9 cm³/mol. The minimum Gasteiger partial charge on any atom is -0.465 e. The second-order valence-electron chi connectivity index (χ2n) is 5.38. The van der Waals surface area contributed by atoms with Crippen molar-refractivity contribution >= 4 is 17.6 Å². The molecule has 0 unspecified atom stereocenters. The largest absolute Gasteiger partial charge is 0.465 e. The summed E-state index contributed by atoms with van der Waals surface area (Å²) in [5, 5.41) is 2.37. The third-order valence-electron chi connectivity index (χ3n) is 3.64. The molecule has 2 aromatic carbocycles. The number of anilines is 1. The van der Waals surface area contributed by atoms with Crippen molar-refractivity contribution in [1.29, 1.82) is 0 Å². The van der Waals surface area contributed by atoms with Gasteiger partial charge in [0.15, 0.2) is 0 Å². The Labute approximate surface area is 148 Å². The number of aryl methyl sites for hydroxylation is 1. The van der Waals surface area contributed by atoms with E-state index in [1.165, 1.54) is 18.2 Å². The van der Waals surface area contributed by atoms with Gasteiger partial charge in [-0.15, -0.1) is 6.42 Å². The van der Waals surface area contributed by atoms with Crippen LogP contribution in [0.4, 0.5) is 18.9 Å². The van der Waals surface area contributed by atoms with Gasteiger partial charge in [-0.25, -0.2) is 4.79 Å². The van der Waals surface area contributed by atoms with E-state index in [0.717, 1.165) is 18.7 Å². The Hall–Kier alpha value is -3.27. The number of halogens is 3. The summed E-state index contributed by atoms with van der Waals surface area (Å²) in [7, 11) is 0.985. The molecule has 1 N–H and O–H groups in total. The van der Waals surface area contributed by atoms with Crippen LogP contribution in [-0.4, -0.2) is 19.0 Å². The molecule has 0 aliphatic heterocycles. The van der Waals surface area contributed by atoms with Crippen molar-refractivity contribution in [2.75, 3.05) is 12.4 Å². The molecule has 0 heterocycles. The summed E-state index contributed by atoms with van der Waals surface area (Å²) < 4.78 is 43.9. The molecule has 0 saturated carbocycles. The molecular formula is C19H14F3NO3. The van der Waals surface area contributed by atoms with Crippen LogP contribution in [0.1, 0.15) is 37.4 Å². The quantitative estimate of drug-likeness (QED) is 0.663. The lowest BCUT2D eigenvalue weighted by molar-refractivity contribution is -0.138. The van der Waals surface area contributed by atoms with Gasteiger partial charge in [-0.05, 0) is 42.8 Å². The molecule has 0 bridgehead atoms. The van der Waals surface area contributed by atoms with Crippen LogP contribution >= 0.6 is 0 Å². The fraction of sp³-hybridized carbons (Fsp3) is 0.158. The summed E-state index contributed by atoms with van der Waals surface area (Å²) >= 11 is 0. The van der Waals surface area contributed by atoms with Crippen molar-refractivity contribution in [3.8, 4) is 12.3 Å². The number of methoxy groups -OCH3 is 1. The lowest BCUT2D eigenvalue weighted by atomic mass is 10.0. The summed E-state index contributed by atoms with van der Waals surface area (Å²) in [6, 6.07) is 7.45. The highest BCUT2D eigenvalue weighted by molar-refractivity contribution is 6.05. The molecule has 0 saturated heterocycles. The first-order chi connectivity index (χ1) is 12.2. The molecule has 0 aliphatic rings. The predicted octanol–water partition coefficient (Wildman–Crippen LogP) is 4.03. The lowest BCUT2D eigenvalue weighted by Crippen LogP contribution is -2.17. The zero-order valence-corrected chi connectivity index (χ0v) is 13.9. The van der Waals surface area contributed by atoms with Crippen LogP contribution in [0.2, 0.25) is 0 Å². The number of alkyl halides is 3. The molecule has 0 fully saturated rings. The van der Waals surface area contributed by atoms with Crippen molar-refractivity contribution in [2.24, 2.45) is 0 Å². The number of ether oxygens (including phenoxy) is 1. The maximum absolute atomic E-state index is 13.2. The van der Waals surface area contributed by atoms with E-state index in [0.29, 0.717) is 11.6 Å².